The van der Waals surface area contributed by atoms with Gasteiger partial charge >= 0.3 is 0 Å². The van der Waals surface area contributed by atoms with Crippen molar-refractivity contribution in [1.29, 1.82) is 0 Å². The Hall–Kier alpha value is -2.90. The lowest BCUT2D eigenvalue weighted by atomic mass is 10.1. The summed E-state index contributed by atoms with van der Waals surface area (Å²) < 4.78 is 0. The van der Waals surface area contributed by atoms with Crippen LogP contribution in [0.5, 0.6) is 0 Å². The van der Waals surface area contributed by atoms with E-state index in [-0.39, 0.29) is 0 Å². The monoisotopic (exact) mass is 566 g/mol. The van der Waals surface area contributed by atoms with Crippen LogP contribution in [0.1, 0.15) is 11.7 Å². The first kappa shape index (κ1) is 26.7. The molecule has 0 spiro atoms. The Kier molecular flexibility index (Phi) is 8.34. The first-order valence-corrected chi connectivity index (χ1v) is 18.1. The average Bonchev–Trinajstić information content (AvgIpc) is 3.01. The van der Waals surface area contributed by atoms with Crippen LogP contribution in [-0.2, 0) is 23.6 Å². The van der Waals surface area contributed by atoms with Crippen molar-refractivity contribution < 1.29 is 5.11 Å². The van der Waals surface area contributed by atoms with Crippen LogP contribution < -0.4 is 21.2 Å². The van der Waals surface area contributed by atoms with E-state index in [0.717, 1.165) is 32.1 Å². The van der Waals surface area contributed by atoms with Gasteiger partial charge in [0, 0.05) is 17.4 Å². The average molecular weight is 567 g/mol. The van der Waals surface area contributed by atoms with Crippen molar-refractivity contribution >= 4 is 56.9 Å². The Morgan fingerprint density at radius 2 is 0.816 bits per heavy atom. The lowest BCUT2D eigenvalue weighted by Crippen LogP contribution is -2.22. The number of aliphatic hydroxyl groups is 1. The molecule has 0 aliphatic rings. The van der Waals surface area contributed by atoms with Crippen molar-refractivity contribution in [2.45, 2.75) is 6.10 Å². The molecule has 0 amide bonds. The first-order valence-electron chi connectivity index (χ1n) is 12.4. The van der Waals surface area contributed by atoms with Gasteiger partial charge in [0.1, 0.15) is 6.10 Å². The molecule has 0 radical (unpaired) electrons. The maximum absolute atomic E-state index is 12.2. The molecule has 0 saturated heterocycles. The van der Waals surface area contributed by atoms with Gasteiger partial charge in [-0.3, -0.25) is 0 Å². The van der Waals surface area contributed by atoms with Crippen molar-refractivity contribution in [2.75, 3.05) is 0 Å². The van der Waals surface area contributed by atoms with Gasteiger partial charge in [0.2, 0.25) is 0 Å². The molecule has 1 atom stereocenters. The van der Waals surface area contributed by atoms with Gasteiger partial charge in [0.05, 0.1) is 0 Å². The maximum Gasteiger partial charge on any atom is 0.106 e. The summed E-state index contributed by atoms with van der Waals surface area (Å²) in [5.74, 6) is 2.19. The molecule has 1 unspecified atom stereocenters. The number of hydrogen-bond donors (Lipinski definition) is 1. The number of aliphatic hydroxyl groups excluding tert-OH is 1. The highest BCUT2D eigenvalue weighted by Crippen LogP contribution is 2.61. The van der Waals surface area contributed by atoms with E-state index in [2.05, 4.69) is 54.3 Å². The van der Waals surface area contributed by atoms with Crippen LogP contribution in [0.3, 0.4) is 0 Å². The molecule has 5 aromatic rings. The first-order chi connectivity index (χ1) is 18.5. The van der Waals surface area contributed by atoms with Crippen molar-refractivity contribution in [2.24, 2.45) is 0 Å². The normalized spacial score (nSPS) is 13.1. The molecule has 5 heteroatoms. The number of benzene rings is 5. The van der Waals surface area contributed by atoms with Crippen LogP contribution in [0.15, 0.2) is 163 Å². The molecular weight excluding hydrogens is 538 g/mol. The van der Waals surface area contributed by atoms with Gasteiger partial charge in [-0.2, -0.15) is 0 Å². The lowest BCUT2D eigenvalue weighted by molar-refractivity contribution is 0.224. The molecule has 0 saturated carbocycles. The molecule has 0 aliphatic heterocycles. The van der Waals surface area contributed by atoms with Crippen LogP contribution in [0.4, 0.5) is 0 Å². The predicted octanol–water partition coefficient (Wildman–Crippen LogP) is 6.82. The third-order valence-corrected chi connectivity index (χ3v) is 16.2. The van der Waals surface area contributed by atoms with Crippen LogP contribution >= 0.6 is 12.1 Å². The largest absolute Gasteiger partial charge is 0.384 e. The fraction of sp³-hybridized carbons (Fsp3) is 0.0303. The third kappa shape index (κ3) is 5.32. The quantitative estimate of drug-likeness (QED) is 0.208. The second-order valence-electron chi connectivity index (χ2n) is 8.98. The molecule has 0 aromatic heterocycles. The van der Waals surface area contributed by atoms with Crippen molar-refractivity contribution in [1.82, 2.24) is 0 Å². The predicted molar refractivity (Wildman–Crippen MR) is 172 cm³/mol. The SMILES string of the molecule is OC(/C(=C/P(=S)(c1ccccc1)c1ccccc1)P(=S)(c1ccccc1)c1ccccc1)c1ccccc1. The van der Waals surface area contributed by atoms with E-state index in [1.54, 1.807) is 0 Å². The van der Waals surface area contributed by atoms with Crippen LogP contribution in [0.25, 0.3) is 0 Å². The van der Waals surface area contributed by atoms with E-state index in [9.17, 15) is 5.11 Å². The topological polar surface area (TPSA) is 20.2 Å². The minimum absolute atomic E-state index is 0.808. The van der Waals surface area contributed by atoms with Gasteiger partial charge in [-0.1, -0.05) is 175 Å². The highest BCUT2D eigenvalue weighted by Gasteiger charge is 2.34. The summed E-state index contributed by atoms with van der Waals surface area (Å²) in [4.78, 5) is 0. The van der Waals surface area contributed by atoms with Crippen molar-refractivity contribution in [3.05, 3.63) is 168 Å². The number of rotatable bonds is 8. The highest BCUT2D eigenvalue weighted by molar-refractivity contribution is 8.26. The smallest absolute Gasteiger partial charge is 0.106 e. The van der Waals surface area contributed by atoms with E-state index in [1.165, 1.54) is 0 Å². The van der Waals surface area contributed by atoms with E-state index in [1.807, 2.05) is 103 Å². The van der Waals surface area contributed by atoms with Gasteiger partial charge in [-0.05, 0) is 32.6 Å². The molecule has 38 heavy (non-hydrogen) atoms. The van der Waals surface area contributed by atoms with Crippen molar-refractivity contribution in [3.8, 4) is 0 Å². The second-order valence-corrected chi connectivity index (χ2v) is 17.7. The third-order valence-electron chi connectivity index (χ3n) is 6.59. The summed E-state index contributed by atoms with van der Waals surface area (Å²) in [6.07, 6.45) is -0.905. The Balaban J connectivity index is 1.87. The summed E-state index contributed by atoms with van der Waals surface area (Å²) in [7, 11) is 0. The fourth-order valence-corrected chi connectivity index (χ4v) is 13.5. The Labute approximate surface area is 235 Å². The molecule has 0 fully saturated rings. The summed E-state index contributed by atoms with van der Waals surface area (Å²) in [5, 5.41) is 17.2. The molecule has 1 N–H and O–H groups in total. The van der Waals surface area contributed by atoms with Gasteiger partial charge in [0.25, 0.3) is 0 Å². The second kappa shape index (κ2) is 11.9. The summed E-state index contributed by atoms with van der Waals surface area (Å²) in [6, 6.07) is 45.6. The molecule has 1 nitrogen and oxygen atoms in total. The van der Waals surface area contributed by atoms with Gasteiger partial charge < -0.3 is 5.11 Å². The lowest BCUT2D eigenvalue weighted by Gasteiger charge is -2.32. The molecule has 0 bridgehead atoms. The van der Waals surface area contributed by atoms with Crippen LogP contribution in [0, 0.1) is 0 Å². The summed E-state index contributed by atoms with van der Waals surface area (Å²) in [6.45, 7) is 0. The minimum Gasteiger partial charge on any atom is -0.384 e. The molecule has 0 heterocycles. The Bertz CT molecular complexity index is 1520. The summed E-state index contributed by atoms with van der Waals surface area (Å²) >= 11 is 13.4. The Morgan fingerprint density at radius 3 is 1.18 bits per heavy atom. The minimum atomic E-state index is -2.69. The van der Waals surface area contributed by atoms with E-state index >= 15 is 0 Å². The van der Waals surface area contributed by atoms with Gasteiger partial charge in [0.15, 0.2) is 0 Å². The molecule has 0 aliphatic carbocycles. The van der Waals surface area contributed by atoms with Gasteiger partial charge in [-0.25, -0.2) is 0 Å². The Morgan fingerprint density at radius 1 is 0.500 bits per heavy atom. The van der Waals surface area contributed by atoms with Crippen molar-refractivity contribution in [3.63, 3.8) is 0 Å². The molecule has 188 valence electrons. The van der Waals surface area contributed by atoms with Gasteiger partial charge in [-0.15, -0.1) is 0 Å². The van der Waals surface area contributed by atoms with E-state index < -0.39 is 18.2 Å². The molecule has 5 aromatic carbocycles. The van der Waals surface area contributed by atoms with E-state index in [0.29, 0.717) is 0 Å². The zero-order valence-corrected chi connectivity index (χ0v) is 24.2. The zero-order chi connectivity index (χ0) is 26.4. The highest BCUT2D eigenvalue weighted by atomic mass is 32.4. The zero-order valence-electron chi connectivity index (χ0n) is 20.7. The molecule has 5 rings (SSSR count). The standard InChI is InChI=1S/C33H28OP2S2/c34-33(27-16-6-1-7-17-27)32(36(38,30-22-12-4-13-23-30)31-24-14-5-15-25-31)26-35(37,28-18-8-2-9-19-28)29-20-10-3-11-21-29/h1-26,33-34H/b32-26-. The fourth-order valence-electron chi connectivity index (χ4n) is 4.64. The van der Waals surface area contributed by atoms with Crippen LogP contribution in [-0.4, -0.2) is 5.11 Å². The number of hydrogen-bond acceptors (Lipinski definition) is 3. The summed E-state index contributed by atoms with van der Waals surface area (Å²) in [5.41, 5.74) is 0.808. The van der Waals surface area contributed by atoms with Crippen LogP contribution in [0.2, 0.25) is 0 Å². The maximum atomic E-state index is 12.2. The molecular formula is C33H28OP2S2. The van der Waals surface area contributed by atoms with E-state index in [4.69, 9.17) is 23.6 Å².